The van der Waals surface area contributed by atoms with Crippen LogP contribution in [0.2, 0.25) is 0 Å². The molecule has 3 heteroatoms. The van der Waals surface area contributed by atoms with Gasteiger partial charge in [0.25, 0.3) is 0 Å². The summed E-state index contributed by atoms with van der Waals surface area (Å²) in [5.41, 5.74) is 0. The molecule has 0 aromatic carbocycles. The molecule has 0 radical (unpaired) electrons. The lowest BCUT2D eigenvalue weighted by Crippen LogP contribution is -2.55. The third kappa shape index (κ3) is 3.37. The molecule has 0 aliphatic carbocycles. The van der Waals surface area contributed by atoms with E-state index in [0.717, 1.165) is 24.2 Å². The van der Waals surface area contributed by atoms with E-state index in [4.69, 9.17) is 0 Å². The number of piperidine rings is 2. The largest absolute Gasteiger partial charge is 0.311 e. The zero-order valence-electron chi connectivity index (χ0n) is 13.5. The summed E-state index contributed by atoms with van der Waals surface area (Å²) in [5.74, 6) is 0. The number of rotatable bonds is 3. The predicted octanol–water partition coefficient (Wildman–Crippen LogP) is 2.47. The van der Waals surface area contributed by atoms with Gasteiger partial charge in [0.2, 0.25) is 0 Å². The minimum Gasteiger partial charge on any atom is -0.311 e. The Kier molecular flexibility index (Phi) is 5.00. The number of fused-ring (bicyclic) bond motifs is 2. The van der Waals surface area contributed by atoms with E-state index in [1.807, 2.05) is 0 Å². The Morgan fingerprint density at radius 3 is 2.35 bits per heavy atom. The molecule has 0 aromatic heterocycles. The van der Waals surface area contributed by atoms with E-state index in [9.17, 15) is 0 Å². The van der Waals surface area contributed by atoms with E-state index in [0.29, 0.717) is 0 Å². The van der Waals surface area contributed by atoms with E-state index in [-0.39, 0.29) is 0 Å². The molecule has 3 aliphatic rings. The van der Waals surface area contributed by atoms with Gasteiger partial charge in [-0.3, -0.25) is 0 Å². The summed E-state index contributed by atoms with van der Waals surface area (Å²) in [6, 6.07) is 3.29. The summed E-state index contributed by atoms with van der Waals surface area (Å²) >= 11 is 0. The molecule has 3 fully saturated rings. The average Bonchev–Trinajstić information content (AvgIpc) is 2.65. The van der Waals surface area contributed by atoms with Crippen molar-refractivity contribution in [3.63, 3.8) is 0 Å². The van der Waals surface area contributed by atoms with Crippen LogP contribution in [0.4, 0.5) is 0 Å². The fourth-order valence-corrected chi connectivity index (χ4v) is 4.72. The van der Waals surface area contributed by atoms with Crippen molar-refractivity contribution in [2.24, 2.45) is 0 Å². The van der Waals surface area contributed by atoms with Gasteiger partial charge in [-0.05, 0) is 71.6 Å². The second kappa shape index (κ2) is 6.76. The summed E-state index contributed by atoms with van der Waals surface area (Å²) in [6.07, 6.45) is 11.2. The topological polar surface area (TPSA) is 18.5 Å². The minimum absolute atomic E-state index is 0.778. The van der Waals surface area contributed by atoms with Gasteiger partial charge in [0.15, 0.2) is 0 Å². The number of likely N-dealkylation sites (tertiary alicyclic amines) is 1. The van der Waals surface area contributed by atoms with Crippen LogP contribution >= 0.6 is 0 Å². The van der Waals surface area contributed by atoms with Crippen LogP contribution in [0.3, 0.4) is 0 Å². The predicted molar refractivity (Wildman–Crippen MR) is 85.1 cm³/mol. The molecule has 3 nitrogen and oxygen atoms in total. The molecule has 3 heterocycles. The Bertz CT molecular complexity index is 293. The van der Waals surface area contributed by atoms with Crippen molar-refractivity contribution in [1.29, 1.82) is 0 Å². The normalized spacial score (nSPS) is 40.5. The highest BCUT2D eigenvalue weighted by Crippen LogP contribution is 2.33. The maximum atomic E-state index is 4.04. The number of hydrogen-bond donors (Lipinski definition) is 1. The van der Waals surface area contributed by atoms with Crippen molar-refractivity contribution in [2.45, 2.75) is 82.5 Å². The molecule has 2 bridgehead atoms. The molecule has 0 aromatic rings. The van der Waals surface area contributed by atoms with E-state index < -0.39 is 0 Å². The van der Waals surface area contributed by atoms with Gasteiger partial charge in [0, 0.05) is 24.2 Å². The van der Waals surface area contributed by atoms with Gasteiger partial charge in [0.1, 0.15) is 0 Å². The maximum absolute atomic E-state index is 4.04. The van der Waals surface area contributed by atoms with Crippen molar-refractivity contribution in [3.05, 3.63) is 0 Å². The number of nitrogens with zero attached hydrogens (tertiary/aromatic N) is 2. The first kappa shape index (κ1) is 14.8. The summed E-state index contributed by atoms with van der Waals surface area (Å²) in [7, 11) is 2.36. The molecule has 0 saturated carbocycles. The van der Waals surface area contributed by atoms with Crippen molar-refractivity contribution in [1.82, 2.24) is 15.1 Å². The highest BCUT2D eigenvalue weighted by Gasteiger charge is 2.36. The van der Waals surface area contributed by atoms with Crippen molar-refractivity contribution in [2.75, 3.05) is 26.7 Å². The number of hydrogen-bond acceptors (Lipinski definition) is 3. The van der Waals surface area contributed by atoms with Gasteiger partial charge in [-0.1, -0.05) is 13.3 Å². The first-order valence-corrected chi connectivity index (χ1v) is 8.96. The van der Waals surface area contributed by atoms with E-state index in [2.05, 4.69) is 29.1 Å². The minimum atomic E-state index is 0.778. The van der Waals surface area contributed by atoms with Crippen LogP contribution in [-0.4, -0.2) is 60.6 Å². The molecular formula is C17H33N3. The van der Waals surface area contributed by atoms with Gasteiger partial charge in [-0.25, -0.2) is 0 Å². The van der Waals surface area contributed by atoms with E-state index in [1.165, 1.54) is 71.0 Å². The lowest BCUT2D eigenvalue weighted by atomic mass is 9.82. The van der Waals surface area contributed by atoms with E-state index in [1.54, 1.807) is 0 Å². The standard InChI is InChI=1S/C17H33N3/c1-3-20-10-5-6-14(9-11-20)18-15-12-16-7-4-8-17(13-15)19(16)2/h14-18H,3-13H2,1-2H3. The second-order valence-corrected chi connectivity index (χ2v) is 7.30. The SMILES string of the molecule is CCN1CCCC(NC2CC3CCCC(C2)N3C)CC1. The Balaban J connectivity index is 1.51. The van der Waals surface area contributed by atoms with Crippen LogP contribution in [0.5, 0.6) is 0 Å². The van der Waals surface area contributed by atoms with Gasteiger partial charge in [0.05, 0.1) is 0 Å². The molecule has 1 N–H and O–H groups in total. The Hall–Kier alpha value is -0.120. The van der Waals surface area contributed by atoms with Gasteiger partial charge >= 0.3 is 0 Å². The lowest BCUT2D eigenvalue weighted by molar-refractivity contribution is 0.0453. The summed E-state index contributed by atoms with van der Waals surface area (Å²) < 4.78 is 0. The second-order valence-electron chi connectivity index (χ2n) is 7.30. The van der Waals surface area contributed by atoms with Crippen molar-refractivity contribution >= 4 is 0 Å². The van der Waals surface area contributed by atoms with Crippen molar-refractivity contribution < 1.29 is 0 Å². The quantitative estimate of drug-likeness (QED) is 0.856. The van der Waals surface area contributed by atoms with Crippen LogP contribution in [-0.2, 0) is 0 Å². The highest BCUT2D eigenvalue weighted by molar-refractivity contribution is 4.94. The van der Waals surface area contributed by atoms with E-state index >= 15 is 0 Å². The first-order chi connectivity index (χ1) is 9.76. The third-order valence-corrected chi connectivity index (χ3v) is 6.08. The molecule has 3 aliphatic heterocycles. The van der Waals surface area contributed by atoms with Crippen LogP contribution in [0.1, 0.15) is 58.3 Å². The maximum Gasteiger partial charge on any atom is 0.0110 e. The molecule has 3 saturated heterocycles. The fourth-order valence-electron chi connectivity index (χ4n) is 4.72. The van der Waals surface area contributed by atoms with Gasteiger partial charge in [-0.15, -0.1) is 0 Å². The average molecular weight is 279 g/mol. The Labute approximate surface area is 125 Å². The molecule has 3 rings (SSSR count). The van der Waals surface area contributed by atoms with Crippen LogP contribution in [0, 0.1) is 0 Å². The van der Waals surface area contributed by atoms with Crippen LogP contribution in [0.15, 0.2) is 0 Å². The van der Waals surface area contributed by atoms with Crippen LogP contribution < -0.4 is 5.32 Å². The van der Waals surface area contributed by atoms with Gasteiger partial charge < -0.3 is 15.1 Å². The molecule has 0 amide bonds. The lowest BCUT2D eigenvalue weighted by Gasteiger charge is -2.48. The Morgan fingerprint density at radius 1 is 0.900 bits per heavy atom. The molecule has 116 valence electrons. The summed E-state index contributed by atoms with van der Waals surface area (Å²) in [5, 5.41) is 4.04. The zero-order valence-corrected chi connectivity index (χ0v) is 13.5. The molecular weight excluding hydrogens is 246 g/mol. The Morgan fingerprint density at radius 2 is 1.65 bits per heavy atom. The third-order valence-electron chi connectivity index (χ3n) is 6.08. The number of nitrogens with one attached hydrogen (secondary N) is 1. The summed E-state index contributed by atoms with van der Waals surface area (Å²) in [4.78, 5) is 5.29. The smallest absolute Gasteiger partial charge is 0.0110 e. The molecule has 3 atom stereocenters. The monoisotopic (exact) mass is 279 g/mol. The highest BCUT2D eigenvalue weighted by atomic mass is 15.2. The van der Waals surface area contributed by atoms with Crippen molar-refractivity contribution in [3.8, 4) is 0 Å². The fraction of sp³-hybridized carbons (Fsp3) is 1.00. The molecule has 3 unspecified atom stereocenters. The zero-order chi connectivity index (χ0) is 13.9. The summed E-state index contributed by atoms with van der Waals surface area (Å²) in [6.45, 7) is 6.14. The molecule has 0 spiro atoms. The van der Waals surface area contributed by atoms with Gasteiger partial charge in [-0.2, -0.15) is 0 Å². The first-order valence-electron chi connectivity index (χ1n) is 8.96. The van der Waals surface area contributed by atoms with Crippen LogP contribution in [0.25, 0.3) is 0 Å². The molecule has 20 heavy (non-hydrogen) atoms.